The van der Waals surface area contributed by atoms with Gasteiger partial charge in [-0.05, 0) is 73.4 Å². The minimum Gasteiger partial charge on any atom is -0.496 e. The maximum Gasteiger partial charge on any atom is 0.223 e. The predicted octanol–water partition coefficient (Wildman–Crippen LogP) is 4.41. The molecule has 7 nitrogen and oxygen atoms in total. The second-order valence-electron chi connectivity index (χ2n) is 8.69. The van der Waals surface area contributed by atoms with Crippen LogP contribution in [0.4, 0.5) is 11.6 Å². The Morgan fingerprint density at radius 3 is 2.85 bits per heavy atom. The van der Waals surface area contributed by atoms with E-state index in [9.17, 15) is 4.79 Å². The molecular weight excluding hydrogens is 414 g/mol. The van der Waals surface area contributed by atoms with Crippen LogP contribution in [0.5, 0.6) is 5.75 Å². The number of anilines is 2. The summed E-state index contributed by atoms with van der Waals surface area (Å²) in [6.07, 6.45) is 11.5. The van der Waals surface area contributed by atoms with Crippen LogP contribution in [0.15, 0.2) is 48.9 Å². The molecule has 0 radical (unpaired) electrons. The number of nitrogens with one attached hydrogen (secondary N) is 1. The van der Waals surface area contributed by atoms with Gasteiger partial charge in [0.2, 0.25) is 5.91 Å². The predicted molar refractivity (Wildman–Crippen MR) is 127 cm³/mol. The van der Waals surface area contributed by atoms with Gasteiger partial charge in [-0.1, -0.05) is 12.1 Å². The zero-order chi connectivity index (χ0) is 22.6. The average Bonchev–Trinajstić information content (AvgIpc) is 3.52. The van der Waals surface area contributed by atoms with Crippen LogP contribution >= 0.6 is 0 Å². The first kappa shape index (κ1) is 21.4. The van der Waals surface area contributed by atoms with Gasteiger partial charge in [0.05, 0.1) is 25.0 Å². The summed E-state index contributed by atoms with van der Waals surface area (Å²) in [7, 11) is 1.71. The fourth-order valence-electron chi connectivity index (χ4n) is 5.00. The third kappa shape index (κ3) is 4.67. The van der Waals surface area contributed by atoms with Crippen LogP contribution in [-0.4, -0.2) is 39.4 Å². The van der Waals surface area contributed by atoms with Crippen molar-refractivity contribution in [1.29, 1.82) is 0 Å². The second kappa shape index (κ2) is 9.57. The Kier molecular flexibility index (Phi) is 6.19. The molecule has 1 aromatic carbocycles. The number of aromatic nitrogens is 3. The lowest BCUT2D eigenvalue weighted by Gasteiger charge is -2.25. The van der Waals surface area contributed by atoms with E-state index >= 15 is 0 Å². The highest BCUT2D eigenvalue weighted by Gasteiger charge is 2.31. The number of aryl methyl sites for hydroxylation is 3. The largest absolute Gasteiger partial charge is 0.496 e. The fourth-order valence-corrected chi connectivity index (χ4v) is 5.00. The summed E-state index contributed by atoms with van der Waals surface area (Å²) in [5, 5.41) is 3.19. The summed E-state index contributed by atoms with van der Waals surface area (Å²) in [4.78, 5) is 28.3. The minimum atomic E-state index is 0.00280. The smallest absolute Gasteiger partial charge is 0.223 e. The van der Waals surface area contributed by atoms with Crippen molar-refractivity contribution >= 4 is 17.5 Å². The molecule has 1 N–H and O–H groups in total. The lowest BCUT2D eigenvalue weighted by Crippen LogP contribution is -2.31. The Morgan fingerprint density at radius 1 is 1.15 bits per heavy atom. The molecule has 0 bridgehead atoms. The number of pyridine rings is 1. The Hall–Kier alpha value is -3.48. The zero-order valence-corrected chi connectivity index (χ0v) is 19.0. The van der Waals surface area contributed by atoms with E-state index in [0.717, 1.165) is 49.2 Å². The molecule has 1 saturated heterocycles. The molecule has 2 aromatic heterocycles. The summed E-state index contributed by atoms with van der Waals surface area (Å²) in [6, 6.07) is 10.3. The first-order valence-electron chi connectivity index (χ1n) is 11.7. The van der Waals surface area contributed by atoms with Crippen molar-refractivity contribution in [2.24, 2.45) is 0 Å². The van der Waals surface area contributed by atoms with Crippen LogP contribution in [0.1, 0.15) is 54.1 Å². The molecule has 5 rings (SSSR count). The molecule has 7 heteroatoms. The van der Waals surface area contributed by atoms with Crippen molar-refractivity contribution in [2.45, 2.75) is 51.0 Å². The minimum absolute atomic E-state index is 0.00280. The Bertz CT molecular complexity index is 1130. The number of methoxy groups -OCH3 is 1. The van der Waals surface area contributed by atoms with Crippen molar-refractivity contribution in [1.82, 2.24) is 19.9 Å². The SMILES string of the molecule is COc1cc2c(cc1CCC(=O)N1CCC[C@@H]1c1cccc(Nc3cnccn3)n1)CCC2. The summed E-state index contributed by atoms with van der Waals surface area (Å²) in [5.41, 5.74) is 4.84. The van der Waals surface area contributed by atoms with Gasteiger partial charge in [-0.2, -0.15) is 0 Å². The lowest BCUT2D eigenvalue weighted by molar-refractivity contribution is -0.132. The molecule has 1 atom stereocenters. The summed E-state index contributed by atoms with van der Waals surface area (Å²) < 4.78 is 5.63. The van der Waals surface area contributed by atoms with Crippen molar-refractivity contribution in [3.05, 3.63) is 71.3 Å². The van der Waals surface area contributed by atoms with E-state index in [-0.39, 0.29) is 11.9 Å². The third-order valence-corrected chi connectivity index (χ3v) is 6.61. The van der Waals surface area contributed by atoms with Crippen molar-refractivity contribution in [3.63, 3.8) is 0 Å². The van der Waals surface area contributed by atoms with E-state index in [1.807, 2.05) is 23.1 Å². The normalized spacial score (nSPS) is 17.1. The summed E-state index contributed by atoms with van der Waals surface area (Å²) >= 11 is 0. The van der Waals surface area contributed by atoms with Gasteiger partial charge in [0.1, 0.15) is 17.4 Å². The highest BCUT2D eigenvalue weighted by molar-refractivity contribution is 5.77. The highest BCUT2D eigenvalue weighted by Crippen LogP contribution is 2.34. The lowest BCUT2D eigenvalue weighted by atomic mass is 10.0. The number of likely N-dealkylation sites (tertiary alicyclic amines) is 1. The highest BCUT2D eigenvalue weighted by atomic mass is 16.5. The maximum atomic E-state index is 13.2. The number of carbonyl (C=O) groups is 1. The topological polar surface area (TPSA) is 80.2 Å². The molecule has 1 fully saturated rings. The van der Waals surface area contributed by atoms with Crippen LogP contribution in [0.25, 0.3) is 0 Å². The quantitative estimate of drug-likeness (QED) is 0.583. The van der Waals surface area contributed by atoms with Crippen LogP contribution in [-0.2, 0) is 24.1 Å². The molecule has 0 saturated carbocycles. The summed E-state index contributed by atoms with van der Waals surface area (Å²) in [6.45, 7) is 0.772. The molecule has 33 heavy (non-hydrogen) atoms. The van der Waals surface area contributed by atoms with Crippen LogP contribution < -0.4 is 10.1 Å². The van der Waals surface area contributed by atoms with Gasteiger partial charge in [0.15, 0.2) is 0 Å². The number of fused-ring (bicyclic) bond motifs is 1. The van der Waals surface area contributed by atoms with Gasteiger partial charge in [-0.25, -0.2) is 9.97 Å². The van der Waals surface area contributed by atoms with Crippen LogP contribution in [0.3, 0.4) is 0 Å². The number of nitrogens with zero attached hydrogens (tertiary/aromatic N) is 4. The van der Waals surface area contributed by atoms with E-state index in [1.54, 1.807) is 25.7 Å². The number of amides is 1. The number of carbonyl (C=O) groups excluding carboxylic acids is 1. The molecule has 0 spiro atoms. The second-order valence-corrected chi connectivity index (χ2v) is 8.69. The Morgan fingerprint density at radius 2 is 2.03 bits per heavy atom. The molecule has 170 valence electrons. The van der Waals surface area contributed by atoms with Crippen LogP contribution in [0.2, 0.25) is 0 Å². The van der Waals surface area contributed by atoms with Gasteiger partial charge >= 0.3 is 0 Å². The summed E-state index contributed by atoms with van der Waals surface area (Å²) in [5.74, 6) is 2.43. The average molecular weight is 444 g/mol. The van der Waals surface area contributed by atoms with Gasteiger partial charge < -0.3 is 15.0 Å². The monoisotopic (exact) mass is 443 g/mol. The van der Waals surface area contributed by atoms with Gasteiger partial charge in [0.25, 0.3) is 0 Å². The van der Waals surface area contributed by atoms with Crippen molar-refractivity contribution in [3.8, 4) is 5.75 Å². The fraction of sp³-hybridized carbons (Fsp3) is 0.385. The zero-order valence-electron chi connectivity index (χ0n) is 19.0. The van der Waals surface area contributed by atoms with Gasteiger partial charge in [0, 0.05) is 25.4 Å². The Balaban J connectivity index is 1.27. The first-order valence-corrected chi connectivity index (χ1v) is 11.7. The van der Waals surface area contributed by atoms with Crippen molar-refractivity contribution in [2.75, 3.05) is 19.0 Å². The van der Waals surface area contributed by atoms with E-state index in [2.05, 4.69) is 27.4 Å². The molecule has 0 unspecified atom stereocenters. The van der Waals surface area contributed by atoms with E-state index in [4.69, 9.17) is 9.72 Å². The first-order chi connectivity index (χ1) is 16.2. The number of hydrogen-bond donors (Lipinski definition) is 1. The van der Waals surface area contributed by atoms with Crippen molar-refractivity contribution < 1.29 is 9.53 Å². The maximum absolute atomic E-state index is 13.2. The molecule has 3 aromatic rings. The van der Waals surface area contributed by atoms with E-state index < -0.39 is 0 Å². The number of rotatable bonds is 7. The molecule has 3 heterocycles. The molecule has 1 aliphatic carbocycles. The van der Waals surface area contributed by atoms with Gasteiger partial charge in [-0.3, -0.25) is 9.78 Å². The number of ether oxygens (including phenoxy) is 1. The Labute approximate surface area is 194 Å². The standard InChI is InChI=1S/C26H29N5O2/c1-33-23-16-19-6-2-5-18(19)15-20(23)10-11-26(32)31-14-4-8-22(31)21-7-3-9-24(29-21)30-25-17-27-12-13-28-25/h3,7,9,12-13,15-17,22H,2,4-6,8,10-11,14H2,1H3,(H,28,29,30)/t22-/m1/s1. The molecule has 1 amide bonds. The molecule has 1 aliphatic heterocycles. The number of benzene rings is 1. The number of hydrogen-bond acceptors (Lipinski definition) is 6. The molecular formula is C26H29N5O2. The third-order valence-electron chi connectivity index (χ3n) is 6.61. The van der Waals surface area contributed by atoms with E-state index in [0.29, 0.717) is 24.5 Å². The van der Waals surface area contributed by atoms with Crippen LogP contribution in [0, 0.1) is 0 Å². The van der Waals surface area contributed by atoms with E-state index in [1.165, 1.54) is 17.5 Å². The van der Waals surface area contributed by atoms with Gasteiger partial charge in [-0.15, -0.1) is 0 Å². The molecule has 2 aliphatic rings.